The van der Waals surface area contributed by atoms with E-state index in [0.29, 0.717) is 17.2 Å². The summed E-state index contributed by atoms with van der Waals surface area (Å²) in [6.45, 7) is 2.02. The van der Waals surface area contributed by atoms with Gasteiger partial charge in [-0.25, -0.2) is 0 Å². The number of rotatable bonds is 5. The maximum absolute atomic E-state index is 13.2. The van der Waals surface area contributed by atoms with E-state index in [9.17, 15) is 4.79 Å². The number of fused-ring (bicyclic) bond motifs is 1. The normalized spacial score (nSPS) is 18.7. The highest BCUT2D eigenvalue weighted by molar-refractivity contribution is 5.90. The van der Waals surface area contributed by atoms with Gasteiger partial charge in [0.05, 0.1) is 40.4 Å². The summed E-state index contributed by atoms with van der Waals surface area (Å²) in [4.78, 5) is 14.9. The van der Waals surface area contributed by atoms with Crippen LogP contribution in [0.4, 0.5) is 0 Å². The Bertz CT molecular complexity index is 839. The van der Waals surface area contributed by atoms with E-state index in [1.165, 1.54) is 0 Å². The summed E-state index contributed by atoms with van der Waals surface area (Å²) in [7, 11) is 8.15. The molecule has 0 saturated carbocycles. The van der Waals surface area contributed by atoms with Gasteiger partial charge in [-0.2, -0.15) is 0 Å². The zero-order valence-corrected chi connectivity index (χ0v) is 16.5. The Morgan fingerprint density at radius 2 is 1.48 bits per heavy atom. The molecule has 0 radical (unpaired) electrons. The van der Waals surface area contributed by atoms with Crippen molar-refractivity contribution in [2.75, 3.05) is 35.5 Å². The van der Waals surface area contributed by atoms with Crippen LogP contribution in [0.2, 0.25) is 0 Å². The first-order valence-corrected chi connectivity index (χ1v) is 8.71. The molecule has 0 aliphatic carbocycles. The summed E-state index contributed by atoms with van der Waals surface area (Å²) in [6.07, 6.45) is 0. The molecule has 27 heavy (non-hydrogen) atoms. The van der Waals surface area contributed by atoms with E-state index >= 15 is 0 Å². The third kappa shape index (κ3) is 3.05. The zero-order valence-electron chi connectivity index (χ0n) is 16.5. The predicted octanol–water partition coefficient (Wildman–Crippen LogP) is 3.39. The van der Waals surface area contributed by atoms with Crippen LogP contribution in [0.3, 0.4) is 0 Å². The van der Waals surface area contributed by atoms with E-state index < -0.39 is 5.92 Å². The third-order valence-corrected chi connectivity index (χ3v) is 5.25. The van der Waals surface area contributed by atoms with E-state index in [2.05, 4.69) is 0 Å². The molecule has 0 aromatic heterocycles. The van der Waals surface area contributed by atoms with Crippen molar-refractivity contribution < 1.29 is 23.7 Å². The number of hydrogen-bond donors (Lipinski definition) is 0. The van der Waals surface area contributed by atoms with Crippen LogP contribution in [-0.4, -0.2) is 46.3 Å². The minimum atomic E-state index is -0.458. The Morgan fingerprint density at radius 1 is 0.852 bits per heavy atom. The first-order chi connectivity index (χ1) is 13.0. The Balaban J connectivity index is 2.22. The smallest absolute Gasteiger partial charge is 0.234 e. The number of hydrogen-bond acceptors (Lipinski definition) is 5. The van der Waals surface area contributed by atoms with Gasteiger partial charge in [-0.3, -0.25) is 4.79 Å². The van der Waals surface area contributed by atoms with E-state index in [1.54, 1.807) is 33.3 Å². The number of carbonyl (C=O) groups excluding carboxylic acids is 1. The Morgan fingerprint density at radius 3 is 2.00 bits per heavy atom. The van der Waals surface area contributed by atoms with Gasteiger partial charge >= 0.3 is 0 Å². The number of ether oxygens (including phenoxy) is 4. The molecule has 3 rings (SSSR count). The van der Waals surface area contributed by atoms with Crippen molar-refractivity contribution in [2.24, 2.45) is 0 Å². The van der Waals surface area contributed by atoms with Crippen molar-refractivity contribution in [1.29, 1.82) is 0 Å². The van der Waals surface area contributed by atoms with Crippen molar-refractivity contribution in [3.05, 3.63) is 47.0 Å². The fraction of sp³-hybridized carbons (Fsp3) is 0.381. The third-order valence-electron chi connectivity index (χ3n) is 5.25. The van der Waals surface area contributed by atoms with E-state index in [1.807, 2.05) is 44.3 Å². The predicted molar refractivity (Wildman–Crippen MR) is 102 cm³/mol. The molecular formula is C21H25NO5. The van der Waals surface area contributed by atoms with Gasteiger partial charge < -0.3 is 23.8 Å². The first kappa shape index (κ1) is 18.9. The molecule has 1 aliphatic rings. The average Bonchev–Trinajstić information content (AvgIpc) is 2.71. The minimum absolute atomic E-state index is 0.0226. The Hall–Kier alpha value is -2.89. The molecule has 2 aromatic rings. The molecule has 0 saturated heterocycles. The second-order valence-corrected chi connectivity index (χ2v) is 6.51. The van der Waals surface area contributed by atoms with Crippen molar-refractivity contribution in [2.45, 2.75) is 18.9 Å². The largest absolute Gasteiger partial charge is 0.497 e. The summed E-state index contributed by atoms with van der Waals surface area (Å²) in [5, 5.41) is 0. The molecule has 0 bridgehead atoms. The average molecular weight is 371 g/mol. The summed E-state index contributed by atoms with van der Waals surface area (Å²) >= 11 is 0. The van der Waals surface area contributed by atoms with Crippen molar-refractivity contribution in [3.63, 3.8) is 0 Å². The molecular weight excluding hydrogens is 346 g/mol. The topological polar surface area (TPSA) is 57.2 Å². The number of carbonyl (C=O) groups is 1. The van der Waals surface area contributed by atoms with Gasteiger partial charge in [-0.05, 0) is 47.9 Å². The zero-order chi connectivity index (χ0) is 19.7. The van der Waals surface area contributed by atoms with Crippen molar-refractivity contribution in [3.8, 4) is 23.0 Å². The molecule has 2 aromatic carbocycles. The van der Waals surface area contributed by atoms with Crippen LogP contribution in [0.15, 0.2) is 30.3 Å². The van der Waals surface area contributed by atoms with Gasteiger partial charge in [0.1, 0.15) is 5.75 Å². The van der Waals surface area contributed by atoms with Crippen molar-refractivity contribution >= 4 is 5.91 Å². The second-order valence-electron chi connectivity index (χ2n) is 6.51. The maximum Gasteiger partial charge on any atom is 0.234 e. The van der Waals surface area contributed by atoms with Crippen LogP contribution in [0, 0.1) is 0 Å². The molecule has 2 atom stereocenters. The molecule has 2 unspecified atom stereocenters. The van der Waals surface area contributed by atoms with E-state index in [0.717, 1.165) is 22.4 Å². The van der Waals surface area contributed by atoms with Gasteiger partial charge in [-0.15, -0.1) is 0 Å². The van der Waals surface area contributed by atoms with Gasteiger partial charge in [0.2, 0.25) is 11.7 Å². The maximum atomic E-state index is 13.2. The number of methoxy groups -OCH3 is 4. The number of nitrogens with zero attached hydrogens (tertiary/aromatic N) is 1. The highest BCUT2D eigenvalue weighted by atomic mass is 16.5. The van der Waals surface area contributed by atoms with E-state index in [4.69, 9.17) is 18.9 Å². The number of benzene rings is 2. The highest BCUT2D eigenvalue weighted by Gasteiger charge is 2.37. The van der Waals surface area contributed by atoms with Crippen LogP contribution in [0.1, 0.15) is 35.6 Å². The summed E-state index contributed by atoms with van der Waals surface area (Å²) in [6, 6.07) is 9.47. The summed E-state index contributed by atoms with van der Waals surface area (Å²) < 4.78 is 21.7. The fourth-order valence-electron chi connectivity index (χ4n) is 3.63. The molecule has 0 fully saturated rings. The van der Waals surface area contributed by atoms with Crippen LogP contribution in [-0.2, 0) is 4.79 Å². The molecule has 6 nitrogen and oxygen atoms in total. The molecule has 0 spiro atoms. The first-order valence-electron chi connectivity index (χ1n) is 8.71. The molecule has 0 N–H and O–H groups in total. The van der Waals surface area contributed by atoms with Gasteiger partial charge in [-0.1, -0.05) is 6.07 Å². The monoisotopic (exact) mass is 371 g/mol. The van der Waals surface area contributed by atoms with Crippen LogP contribution in [0.5, 0.6) is 23.0 Å². The number of likely N-dealkylation sites (N-methyl/N-ethyl adjacent to an activating group) is 1. The highest BCUT2D eigenvalue weighted by Crippen LogP contribution is 2.45. The molecule has 1 amide bonds. The van der Waals surface area contributed by atoms with Gasteiger partial charge in [0, 0.05) is 7.05 Å². The number of amides is 1. The minimum Gasteiger partial charge on any atom is -0.497 e. The quantitative estimate of drug-likeness (QED) is 0.806. The Labute approximate surface area is 159 Å². The van der Waals surface area contributed by atoms with Gasteiger partial charge in [0.25, 0.3) is 0 Å². The molecule has 6 heteroatoms. The second kappa shape index (κ2) is 7.39. The summed E-state index contributed by atoms with van der Waals surface area (Å²) in [5.41, 5.74) is 2.82. The van der Waals surface area contributed by atoms with Crippen molar-refractivity contribution in [1.82, 2.24) is 4.90 Å². The standard InChI is InChI=1S/C21H25NO5/c1-12-16-11-14(24-3)7-8-15(16)19(21(23)22(12)2)13-9-17(25-4)20(27-6)18(10-13)26-5/h7-12,19H,1-6H3. The molecule has 144 valence electrons. The van der Waals surface area contributed by atoms with E-state index in [-0.39, 0.29) is 11.9 Å². The van der Waals surface area contributed by atoms with Crippen LogP contribution in [0.25, 0.3) is 0 Å². The molecule has 1 heterocycles. The van der Waals surface area contributed by atoms with Gasteiger partial charge in [0.15, 0.2) is 11.5 Å². The summed E-state index contributed by atoms with van der Waals surface area (Å²) in [5.74, 6) is 1.89. The lowest BCUT2D eigenvalue weighted by molar-refractivity contribution is -0.133. The molecule has 1 aliphatic heterocycles. The lowest BCUT2D eigenvalue weighted by Crippen LogP contribution is -2.39. The fourth-order valence-corrected chi connectivity index (χ4v) is 3.63. The lowest BCUT2D eigenvalue weighted by Gasteiger charge is -2.37. The van der Waals surface area contributed by atoms with Crippen LogP contribution < -0.4 is 18.9 Å². The van der Waals surface area contributed by atoms with Crippen LogP contribution >= 0.6 is 0 Å². The SMILES string of the molecule is COc1ccc2c(c1)C(C)N(C)C(=O)C2c1cc(OC)c(OC)c(OC)c1. The lowest BCUT2D eigenvalue weighted by atomic mass is 9.81. The Kier molecular flexibility index (Phi) is 5.17.